The molecule has 0 saturated carbocycles. The van der Waals surface area contributed by atoms with E-state index in [1.165, 1.54) is 0 Å². The molecule has 0 spiro atoms. The Morgan fingerprint density at radius 2 is 2.00 bits per heavy atom. The van der Waals surface area contributed by atoms with Crippen LogP contribution in [0.4, 0.5) is 5.82 Å². The minimum absolute atomic E-state index is 0.383. The number of anilines is 1. The van der Waals surface area contributed by atoms with Gasteiger partial charge >= 0.3 is 0 Å². The van der Waals surface area contributed by atoms with Crippen molar-refractivity contribution < 1.29 is 4.74 Å². The van der Waals surface area contributed by atoms with Crippen LogP contribution in [0.1, 0.15) is 18.7 Å². The Morgan fingerprint density at radius 3 is 2.67 bits per heavy atom. The number of aromatic nitrogens is 4. The van der Waals surface area contributed by atoms with Gasteiger partial charge < -0.3 is 16.2 Å². The van der Waals surface area contributed by atoms with Crippen molar-refractivity contribution in [3.8, 4) is 6.01 Å². The summed E-state index contributed by atoms with van der Waals surface area (Å²) in [6, 6.07) is 0.508. The lowest BCUT2D eigenvalue weighted by molar-refractivity contribution is 0.356. The highest BCUT2D eigenvalue weighted by Gasteiger charge is 2.15. The van der Waals surface area contributed by atoms with E-state index in [0.717, 1.165) is 19.4 Å². The van der Waals surface area contributed by atoms with Gasteiger partial charge in [-0.05, 0) is 26.3 Å². The molecule has 0 aliphatic rings. The molecule has 0 radical (unpaired) electrons. The number of nitrogens with two attached hydrogens (primary N) is 2. The molecule has 0 aliphatic heterocycles. The monoisotopic (exact) mass is 250 g/mol. The van der Waals surface area contributed by atoms with E-state index in [4.69, 9.17) is 16.2 Å². The molecule has 0 fully saturated rings. The first-order chi connectivity index (χ1) is 8.67. The van der Waals surface area contributed by atoms with Gasteiger partial charge in [0.05, 0.1) is 7.11 Å². The summed E-state index contributed by atoms with van der Waals surface area (Å²) >= 11 is 0. The van der Waals surface area contributed by atoms with Crippen molar-refractivity contribution in [1.82, 2.24) is 19.5 Å². The lowest BCUT2D eigenvalue weighted by atomic mass is 10.3. The van der Waals surface area contributed by atoms with E-state index in [1.807, 2.05) is 4.57 Å². The topological polar surface area (TPSA) is 105 Å². The van der Waals surface area contributed by atoms with Gasteiger partial charge in [0.2, 0.25) is 0 Å². The molecule has 2 rings (SSSR count). The van der Waals surface area contributed by atoms with Crippen molar-refractivity contribution in [3.05, 3.63) is 5.82 Å². The van der Waals surface area contributed by atoms with Crippen molar-refractivity contribution in [1.29, 1.82) is 0 Å². The lowest BCUT2D eigenvalue weighted by Gasteiger charge is -2.06. The molecule has 4 N–H and O–H groups in total. The zero-order chi connectivity index (χ0) is 13.1. The Balaban J connectivity index is 2.47. The van der Waals surface area contributed by atoms with Gasteiger partial charge in [0.1, 0.15) is 5.82 Å². The summed E-state index contributed by atoms with van der Waals surface area (Å²) in [4.78, 5) is 12.8. The van der Waals surface area contributed by atoms with E-state index in [1.54, 1.807) is 14.0 Å². The Labute approximate surface area is 105 Å². The quantitative estimate of drug-likeness (QED) is 0.747. The van der Waals surface area contributed by atoms with Crippen molar-refractivity contribution in [2.75, 3.05) is 19.4 Å². The fourth-order valence-corrected chi connectivity index (χ4v) is 1.89. The van der Waals surface area contributed by atoms with Crippen molar-refractivity contribution in [2.24, 2.45) is 5.73 Å². The Kier molecular flexibility index (Phi) is 3.61. The van der Waals surface area contributed by atoms with E-state index in [-0.39, 0.29) is 0 Å². The third-order valence-corrected chi connectivity index (χ3v) is 2.72. The van der Waals surface area contributed by atoms with Crippen LogP contribution in [0.5, 0.6) is 6.01 Å². The summed E-state index contributed by atoms with van der Waals surface area (Å²) in [6.45, 7) is 3.23. The molecule has 18 heavy (non-hydrogen) atoms. The third-order valence-electron chi connectivity index (χ3n) is 2.72. The molecule has 7 nitrogen and oxygen atoms in total. The predicted octanol–water partition coefficient (Wildman–Crippen LogP) is 0.464. The highest BCUT2D eigenvalue weighted by Crippen LogP contribution is 2.23. The maximum Gasteiger partial charge on any atom is 0.298 e. The van der Waals surface area contributed by atoms with Crippen LogP contribution in [-0.2, 0) is 6.54 Å². The summed E-state index contributed by atoms with van der Waals surface area (Å²) in [5.41, 5.74) is 12.6. The minimum atomic E-state index is 0.383. The molecule has 98 valence electrons. The first-order valence-electron chi connectivity index (χ1n) is 5.91. The van der Waals surface area contributed by atoms with E-state index in [0.29, 0.717) is 35.4 Å². The summed E-state index contributed by atoms with van der Waals surface area (Å²) in [6.07, 6.45) is 1.89. The average Bonchev–Trinajstić information content (AvgIpc) is 2.68. The minimum Gasteiger partial charge on any atom is -0.468 e. The van der Waals surface area contributed by atoms with Crippen LogP contribution >= 0.6 is 0 Å². The summed E-state index contributed by atoms with van der Waals surface area (Å²) in [5, 5.41) is 0. The number of unbranched alkanes of at least 4 members (excludes halogenated alkanes) is 1. The van der Waals surface area contributed by atoms with Crippen molar-refractivity contribution in [2.45, 2.75) is 26.3 Å². The molecule has 0 aromatic carbocycles. The van der Waals surface area contributed by atoms with E-state index in [2.05, 4.69) is 15.0 Å². The maximum absolute atomic E-state index is 5.85. The first-order valence-corrected chi connectivity index (χ1v) is 5.91. The zero-order valence-corrected chi connectivity index (χ0v) is 10.7. The van der Waals surface area contributed by atoms with Gasteiger partial charge in [0.25, 0.3) is 6.01 Å². The number of hydrogen-bond acceptors (Lipinski definition) is 6. The molecule has 0 saturated heterocycles. The third kappa shape index (κ3) is 2.21. The fourth-order valence-electron chi connectivity index (χ4n) is 1.89. The van der Waals surface area contributed by atoms with Gasteiger partial charge in [-0.3, -0.25) is 4.57 Å². The largest absolute Gasteiger partial charge is 0.468 e. The Hall–Kier alpha value is -1.89. The van der Waals surface area contributed by atoms with Crippen LogP contribution < -0.4 is 16.2 Å². The molecule has 7 heteroatoms. The standard InChI is InChI=1S/C11H18N6O/c1-7-14-9(13)8-10(15-7)17(6-4-3-5-12)11(16-8)18-2/h3-6,12H2,1-2H3,(H2,13,14,15). The van der Waals surface area contributed by atoms with Gasteiger partial charge in [-0.1, -0.05) is 0 Å². The highest BCUT2D eigenvalue weighted by molar-refractivity contribution is 5.82. The van der Waals surface area contributed by atoms with Gasteiger partial charge in [-0.25, -0.2) is 9.97 Å². The first kappa shape index (κ1) is 12.6. The molecule has 0 aliphatic carbocycles. The molecular weight excluding hydrogens is 232 g/mol. The van der Waals surface area contributed by atoms with E-state index < -0.39 is 0 Å². The Bertz CT molecular complexity index is 550. The van der Waals surface area contributed by atoms with Gasteiger partial charge in [-0.2, -0.15) is 4.98 Å². The average molecular weight is 250 g/mol. The maximum atomic E-state index is 5.85. The number of imidazole rings is 1. The fraction of sp³-hybridized carbons (Fsp3) is 0.545. The predicted molar refractivity (Wildman–Crippen MR) is 69.3 cm³/mol. The molecule has 2 aromatic rings. The van der Waals surface area contributed by atoms with Crippen molar-refractivity contribution in [3.63, 3.8) is 0 Å². The van der Waals surface area contributed by atoms with Crippen LogP contribution in [0.15, 0.2) is 0 Å². The van der Waals surface area contributed by atoms with Crippen LogP contribution in [-0.4, -0.2) is 33.2 Å². The smallest absolute Gasteiger partial charge is 0.298 e. The molecule has 0 unspecified atom stereocenters. The lowest BCUT2D eigenvalue weighted by Crippen LogP contribution is -2.06. The van der Waals surface area contributed by atoms with Crippen LogP contribution in [0.3, 0.4) is 0 Å². The molecule has 0 atom stereocenters. The number of nitrogen functional groups attached to an aromatic ring is 1. The Morgan fingerprint density at radius 1 is 1.22 bits per heavy atom. The van der Waals surface area contributed by atoms with E-state index >= 15 is 0 Å². The van der Waals surface area contributed by atoms with Gasteiger partial charge in [-0.15, -0.1) is 0 Å². The van der Waals surface area contributed by atoms with Crippen LogP contribution in [0, 0.1) is 6.92 Å². The number of methoxy groups -OCH3 is 1. The number of rotatable bonds is 5. The van der Waals surface area contributed by atoms with Crippen LogP contribution in [0.25, 0.3) is 11.2 Å². The van der Waals surface area contributed by atoms with Crippen LogP contribution in [0.2, 0.25) is 0 Å². The summed E-state index contributed by atoms with van der Waals surface area (Å²) in [7, 11) is 1.58. The number of aryl methyl sites for hydroxylation is 2. The second-order valence-corrected chi connectivity index (χ2v) is 4.07. The highest BCUT2D eigenvalue weighted by atomic mass is 16.5. The van der Waals surface area contributed by atoms with Crippen molar-refractivity contribution >= 4 is 17.0 Å². The second-order valence-electron chi connectivity index (χ2n) is 4.07. The number of ether oxygens (including phenoxy) is 1. The number of nitrogens with zero attached hydrogens (tertiary/aromatic N) is 4. The van der Waals surface area contributed by atoms with Gasteiger partial charge in [0, 0.05) is 6.54 Å². The molecule has 0 amide bonds. The zero-order valence-electron chi connectivity index (χ0n) is 10.7. The SMILES string of the molecule is COc1nc2c(N)nc(C)nc2n1CCCCN. The summed E-state index contributed by atoms with van der Waals surface area (Å²) in [5.74, 6) is 1.01. The van der Waals surface area contributed by atoms with Gasteiger partial charge in [0.15, 0.2) is 17.0 Å². The normalized spacial score (nSPS) is 11.1. The molecule has 2 heterocycles. The number of fused-ring (bicyclic) bond motifs is 1. The second kappa shape index (κ2) is 5.18. The molecule has 2 aromatic heterocycles. The number of hydrogen-bond donors (Lipinski definition) is 2. The van der Waals surface area contributed by atoms with E-state index in [9.17, 15) is 0 Å². The molecular formula is C11H18N6O. The summed E-state index contributed by atoms with van der Waals surface area (Å²) < 4.78 is 7.17. The molecule has 0 bridgehead atoms.